The number of benzene rings is 1. The lowest BCUT2D eigenvalue weighted by atomic mass is 10.2. The molecular formula is C12H19N3O. The van der Waals surface area contributed by atoms with Crippen LogP contribution in [0.25, 0.3) is 0 Å². The van der Waals surface area contributed by atoms with Crippen molar-refractivity contribution >= 4 is 11.6 Å². The van der Waals surface area contributed by atoms with E-state index in [-0.39, 0.29) is 0 Å². The highest BCUT2D eigenvalue weighted by atomic mass is 16.1. The molecule has 4 nitrogen and oxygen atoms in total. The molecule has 0 bridgehead atoms. The van der Waals surface area contributed by atoms with Gasteiger partial charge in [-0.15, -0.1) is 0 Å². The van der Waals surface area contributed by atoms with E-state index in [1.54, 1.807) is 12.1 Å². The van der Waals surface area contributed by atoms with Gasteiger partial charge in [0.2, 0.25) is 5.91 Å². The fourth-order valence-electron chi connectivity index (χ4n) is 1.41. The lowest BCUT2D eigenvalue weighted by molar-refractivity contribution is 0.100. The van der Waals surface area contributed by atoms with Crippen LogP contribution in [0.1, 0.15) is 16.8 Å². The Kier molecular flexibility index (Phi) is 4.79. The number of nitrogens with zero attached hydrogens (tertiary/aromatic N) is 1. The molecule has 0 atom stereocenters. The predicted molar refractivity (Wildman–Crippen MR) is 66.6 cm³/mol. The third-order valence-corrected chi connectivity index (χ3v) is 2.26. The van der Waals surface area contributed by atoms with E-state index < -0.39 is 5.91 Å². The van der Waals surface area contributed by atoms with Crippen LogP contribution < -0.4 is 11.1 Å². The number of anilines is 1. The maximum absolute atomic E-state index is 11.0. The van der Waals surface area contributed by atoms with Gasteiger partial charge in [-0.05, 0) is 45.3 Å². The van der Waals surface area contributed by atoms with Crippen LogP contribution in [0.15, 0.2) is 24.3 Å². The van der Waals surface area contributed by atoms with E-state index in [9.17, 15) is 4.79 Å². The minimum Gasteiger partial charge on any atom is -0.385 e. The van der Waals surface area contributed by atoms with Crippen molar-refractivity contribution in [1.29, 1.82) is 0 Å². The Balaban J connectivity index is 2.42. The maximum Gasteiger partial charge on any atom is 0.248 e. The van der Waals surface area contributed by atoms with Gasteiger partial charge in [0, 0.05) is 17.8 Å². The van der Waals surface area contributed by atoms with Crippen LogP contribution in [0, 0.1) is 0 Å². The Morgan fingerprint density at radius 2 is 2.19 bits per heavy atom. The van der Waals surface area contributed by atoms with Gasteiger partial charge in [-0.25, -0.2) is 0 Å². The summed E-state index contributed by atoms with van der Waals surface area (Å²) in [6, 6.07) is 7.25. The molecule has 1 rings (SSSR count). The molecule has 3 N–H and O–H groups in total. The monoisotopic (exact) mass is 221 g/mol. The van der Waals surface area contributed by atoms with Gasteiger partial charge in [0.1, 0.15) is 0 Å². The number of nitrogens with one attached hydrogen (secondary N) is 1. The normalized spacial score (nSPS) is 10.4. The second-order valence-corrected chi connectivity index (χ2v) is 4.03. The summed E-state index contributed by atoms with van der Waals surface area (Å²) in [6.45, 7) is 1.93. The minimum atomic E-state index is -0.392. The number of rotatable bonds is 6. The van der Waals surface area contributed by atoms with Crippen LogP contribution in [0.4, 0.5) is 5.69 Å². The number of amides is 1. The number of primary amides is 1. The highest BCUT2D eigenvalue weighted by Crippen LogP contribution is 2.09. The summed E-state index contributed by atoms with van der Waals surface area (Å²) in [5, 5.41) is 3.26. The molecule has 4 heteroatoms. The van der Waals surface area contributed by atoms with E-state index in [2.05, 4.69) is 10.2 Å². The van der Waals surface area contributed by atoms with E-state index in [1.165, 1.54) is 0 Å². The van der Waals surface area contributed by atoms with Crippen LogP contribution in [-0.4, -0.2) is 38.0 Å². The number of hydrogen-bond donors (Lipinski definition) is 2. The van der Waals surface area contributed by atoms with Crippen LogP contribution in [-0.2, 0) is 0 Å². The number of hydrogen-bond acceptors (Lipinski definition) is 3. The second-order valence-electron chi connectivity index (χ2n) is 4.03. The van der Waals surface area contributed by atoms with Crippen LogP contribution in [0.3, 0.4) is 0 Å². The molecule has 1 aromatic rings. The molecule has 1 amide bonds. The van der Waals surface area contributed by atoms with E-state index in [1.807, 2.05) is 26.2 Å². The molecule has 0 aliphatic rings. The van der Waals surface area contributed by atoms with Crippen LogP contribution in [0.5, 0.6) is 0 Å². The fourth-order valence-corrected chi connectivity index (χ4v) is 1.41. The van der Waals surface area contributed by atoms with Crippen molar-refractivity contribution in [2.24, 2.45) is 5.73 Å². The van der Waals surface area contributed by atoms with E-state index in [0.717, 1.165) is 25.2 Å². The maximum atomic E-state index is 11.0. The molecule has 0 fully saturated rings. The van der Waals surface area contributed by atoms with Gasteiger partial charge in [0.05, 0.1) is 0 Å². The number of nitrogens with two attached hydrogens (primary N) is 1. The van der Waals surface area contributed by atoms with Crippen molar-refractivity contribution in [3.8, 4) is 0 Å². The van der Waals surface area contributed by atoms with Gasteiger partial charge in [0.15, 0.2) is 0 Å². The summed E-state index contributed by atoms with van der Waals surface area (Å²) in [6.07, 6.45) is 1.06. The van der Waals surface area contributed by atoms with E-state index in [0.29, 0.717) is 5.56 Å². The summed E-state index contributed by atoms with van der Waals surface area (Å²) >= 11 is 0. The van der Waals surface area contributed by atoms with Gasteiger partial charge in [-0.1, -0.05) is 6.07 Å². The number of carbonyl (C=O) groups is 1. The molecule has 0 radical (unpaired) electrons. The Bertz CT molecular complexity index is 350. The third-order valence-electron chi connectivity index (χ3n) is 2.26. The quantitative estimate of drug-likeness (QED) is 0.708. The molecular weight excluding hydrogens is 202 g/mol. The van der Waals surface area contributed by atoms with Crippen molar-refractivity contribution in [3.05, 3.63) is 29.8 Å². The molecule has 88 valence electrons. The standard InChI is InChI=1S/C12H19N3O/c1-15(2)8-4-7-14-11-6-3-5-10(9-11)12(13)16/h3,5-6,9,14H,4,7-8H2,1-2H3,(H2,13,16). The van der Waals surface area contributed by atoms with Gasteiger partial charge < -0.3 is 16.0 Å². The smallest absolute Gasteiger partial charge is 0.248 e. The van der Waals surface area contributed by atoms with Gasteiger partial charge in [-0.2, -0.15) is 0 Å². The van der Waals surface area contributed by atoms with Gasteiger partial charge in [0.25, 0.3) is 0 Å². The molecule has 16 heavy (non-hydrogen) atoms. The van der Waals surface area contributed by atoms with Crippen molar-refractivity contribution in [2.45, 2.75) is 6.42 Å². The summed E-state index contributed by atoms with van der Waals surface area (Å²) < 4.78 is 0. The van der Waals surface area contributed by atoms with Crippen LogP contribution in [0.2, 0.25) is 0 Å². The van der Waals surface area contributed by atoms with Crippen LogP contribution >= 0.6 is 0 Å². The lowest BCUT2D eigenvalue weighted by Gasteiger charge is -2.10. The molecule has 0 saturated heterocycles. The van der Waals surface area contributed by atoms with Gasteiger partial charge in [-0.3, -0.25) is 4.79 Å². The fraction of sp³-hybridized carbons (Fsp3) is 0.417. The third kappa shape index (κ3) is 4.31. The Hall–Kier alpha value is -1.55. The van der Waals surface area contributed by atoms with Gasteiger partial charge >= 0.3 is 0 Å². The first-order chi connectivity index (χ1) is 7.59. The lowest BCUT2D eigenvalue weighted by Crippen LogP contribution is -2.16. The zero-order valence-corrected chi connectivity index (χ0v) is 9.86. The summed E-state index contributed by atoms with van der Waals surface area (Å²) in [4.78, 5) is 13.1. The van der Waals surface area contributed by atoms with Crippen molar-refractivity contribution in [2.75, 3.05) is 32.5 Å². The average molecular weight is 221 g/mol. The largest absolute Gasteiger partial charge is 0.385 e. The van der Waals surface area contributed by atoms with Crippen molar-refractivity contribution < 1.29 is 4.79 Å². The molecule has 0 saturated carbocycles. The highest BCUT2D eigenvalue weighted by molar-refractivity contribution is 5.93. The Labute approximate surface area is 96.4 Å². The van der Waals surface area contributed by atoms with E-state index in [4.69, 9.17) is 5.73 Å². The summed E-state index contributed by atoms with van der Waals surface area (Å²) in [5.41, 5.74) is 6.68. The molecule has 0 aliphatic carbocycles. The molecule has 0 aromatic heterocycles. The molecule has 0 aliphatic heterocycles. The highest BCUT2D eigenvalue weighted by Gasteiger charge is 2.00. The second kappa shape index (κ2) is 6.12. The van der Waals surface area contributed by atoms with Crippen molar-refractivity contribution in [1.82, 2.24) is 4.90 Å². The average Bonchev–Trinajstić information content (AvgIpc) is 2.24. The molecule has 0 unspecified atom stereocenters. The topological polar surface area (TPSA) is 58.4 Å². The molecule has 0 spiro atoms. The minimum absolute atomic E-state index is 0.392. The first kappa shape index (κ1) is 12.5. The zero-order valence-electron chi connectivity index (χ0n) is 9.86. The summed E-state index contributed by atoms with van der Waals surface area (Å²) in [5.74, 6) is -0.392. The number of carbonyl (C=O) groups excluding carboxylic acids is 1. The zero-order chi connectivity index (χ0) is 12.0. The SMILES string of the molecule is CN(C)CCCNc1cccc(C(N)=O)c1. The first-order valence-corrected chi connectivity index (χ1v) is 5.38. The summed E-state index contributed by atoms with van der Waals surface area (Å²) in [7, 11) is 4.10. The predicted octanol–water partition coefficient (Wildman–Crippen LogP) is 1.15. The van der Waals surface area contributed by atoms with E-state index >= 15 is 0 Å². The Morgan fingerprint density at radius 1 is 1.44 bits per heavy atom. The Morgan fingerprint density at radius 3 is 2.81 bits per heavy atom. The molecule has 0 heterocycles. The van der Waals surface area contributed by atoms with Crippen molar-refractivity contribution in [3.63, 3.8) is 0 Å². The first-order valence-electron chi connectivity index (χ1n) is 5.38. The molecule has 1 aromatic carbocycles.